The molecule has 0 radical (unpaired) electrons. The molecule has 0 spiro atoms. The van der Waals surface area contributed by atoms with Crippen molar-refractivity contribution in [3.8, 4) is 0 Å². The van der Waals surface area contributed by atoms with Crippen LogP contribution in [0, 0.1) is 5.92 Å². The van der Waals surface area contributed by atoms with Crippen molar-refractivity contribution in [3.05, 3.63) is 11.1 Å². The summed E-state index contributed by atoms with van der Waals surface area (Å²) in [5.74, 6) is 0.694. The van der Waals surface area contributed by atoms with Crippen molar-refractivity contribution in [1.82, 2.24) is 4.98 Å². The van der Waals surface area contributed by atoms with Gasteiger partial charge in [0, 0.05) is 17.6 Å². The molecular formula is C12H17N3OS2. The molecule has 0 fully saturated rings. The van der Waals surface area contributed by atoms with Gasteiger partial charge in [0.1, 0.15) is 5.69 Å². The number of nitrogens with zero attached hydrogens (tertiary/aromatic N) is 2. The first-order chi connectivity index (χ1) is 8.54. The molecule has 4 nitrogen and oxygen atoms in total. The largest absolute Gasteiger partial charge is 0.311 e. The molecule has 98 valence electrons. The number of carbonyl (C=O) groups excluding carboxylic acids is 1. The van der Waals surface area contributed by atoms with Crippen molar-refractivity contribution < 1.29 is 4.79 Å². The Kier molecular flexibility index (Phi) is 4.40. The second-order valence-corrected chi connectivity index (χ2v) is 6.88. The maximum atomic E-state index is 11.2. The zero-order valence-corrected chi connectivity index (χ0v) is 12.4. The van der Waals surface area contributed by atoms with E-state index in [1.807, 2.05) is 0 Å². The Morgan fingerprint density at radius 1 is 1.61 bits per heavy atom. The van der Waals surface area contributed by atoms with E-state index in [2.05, 4.69) is 29.1 Å². The lowest BCUT2D eigenvalue weighted by molar-refractivity contribution is 0.101. The fourth-order valence-corrected chi connectivity index (χ4v) is 3.78. The molecule has 1 aromatic rings. The van der Waals surface area contributed by atoms with Crippen LogP contribution in [0.25, 0.3) is 0 Å². The number of nitrogens with one attached hydrogen (secondary N) is 1. The van der Waals surface area contributed by atoms with E-state index in [-0.39, 0.29) is 5.78 Å². The quantitative estimate of drug-likeness (QED) is 0.862. The van der Waals surface area contributed by atoms with E-state index in [4.69, 9.17) is 0 Å². The minimum absolute atomic E-state index is 0.00185. The molecule has 0 bridgehead atoms. The summed E-state index contributed by atoms with van der Waals surface area (Å²) in [4.78, 5) is 19.8. The molecule has 2 rings (SSSR count). The number of ketones is 1. The number of rotatable bonds is 4. The molecule has 0 aliphatic carbocycles. The van der Waals surface area contributed by atoms with Gasteiger partial charge in [0.2, 0.25) is 0 Å². The molecule has 0 amide bonds. The third kappa shape index (κ3) is 3.55. The molecule has 6 heteroatoms. The lowest BCUT2D eigenvalue weighted by Gasteiger charge is -2.10. The minimum Gasteiger partial charge on any atom is -0.311 e. The topological polar surface area (TPSA) is 54.4 Å². The second-order valence-electron chi connectivity index (χ2n) is 4.73. The number of carbonyl (C=O) groups is 1. The van der Waals surface area contributed by atoms with Gasteiger partial charge in [0.25, 0.3) is 0 Å². The summed E-state index contributed by atoms with van der Waals surface area (Å²) in [6.07, 6.45) is 1.18. The fraction of sp³-hybridized carbons (Fsp3) is 0.583. The van der Waals surface area contributed by atoms with Gasteiger partial charge < -0.3 is 5.32 Å². The summed E-state index contributed by atoms with van der Waals surface area (Å²) < 4.78 is 0. The van der Waals surface area contributed by atoms with Gasteiger partial charge in [0.05, 0.1) is 6.54 Å². The molecule has 1 unspecified atom stereocenters. The number of anilines is 1. The van der Waals surface area contributed by atoms with Crippen LogP contribution in [0.2, 0.25) is 0 Å². The number of hydrogen-bond acceptors (Lipinski definition) is 6. The van der Waals surface area contributed by atoms with Crippen molar-refractivity contribution >= 4 is 39.2 Å². The number of Topliss-reactive ketones (excluding diaryl/α,β-unsaturated/α-hetero) is 1. The highest BCUT2D eigenvalue weighted by Gasteiger charge is 2.21. The van der Waals surface area contributed by atoms with Crippen molar-refractivity contribution in [2.75, 3.05) is 11.9 Å². The maximum Gasteiger partial charge on any atom is 0.189 e. The van der Waals surface area contributed by atoms with Crippen LogP contribution in [0.1, 0.15) is 37.7 Å². The number of thioether (sulfide) groups is 1. The lowest BCUT2D eigenvalue weighted by Crippen LogP contribution is -2.09. The highest BCUT2D eigenvalue weighted by molar-refractivity contribution is 8.15. The molecule has 2 heterocycles. The predicted octanol–water partition coefficient (Wildman–Crippen LogP) is 3.28. The molecule has 1 atom stereocenters. The summed E-state index contributed by atoms with van der Waals surface area (Å²) in [5.41, 5.74) is 0.518. The Morgan fingerprint density at radius 2 is 2.39 bits per heavy atom. The van der Waals surface area contributed by atoms with Gasteiger partial charge in [-0.05, 0) is 12.3 Å². The lowest BCUT2D eigenvalue weighted by atomic mass is 10.1. The third-order valence-electron chi connectivity index (χ3n) is 2.53. The molecule has 1 aromatic heterocycles. The van der Waals surface area contributed by atoms with Gasteiger partial charge in [0.15, 0.2) is 16.1 Å². The van der Waals surface area contributed by atoms with Gasteiger partial charge in [-0.25, -0.2) is 4.98 Å². The van der Waals surface area contributed by atoms with Crippen LogP contribution in [0.4, 0.5) is 5.13 Å². The normalized spacial score (nSPS) is 19.1. The molecule has 0 aromatic carbocycles. The van der Waals surface area contributed by atoms with Crippen LogP contribution in [0.5, 0.6) is 0 Å². The van der Waals surface area contributed by atoms with E-state index in [0.717, 1.165) is 16.8 Å². The molecule has 18 heavy (non-hydrogen) atoms. The van der Waals surface area contributed by atoms with E-state index in [1.165, 1.54) is 24.7 Å². The SMILES string of the molecule is CC(=O)c1csc(NC2=NCC(CC(C)C)S2)n1. The predicted molar refractivity (Wildman–Crippen MR) is 78.9 cm³/mol. The molecule has 1 N–H and O–H groups in total. The Hall–Kier alpha value is -0.880. The van der Waals surface area contributed by atoms with Crippen LogP contribution in [-0.2, 0) is 0 Å². The van der Waals surface area contributed by atoms with Crippen LogP contribution in [0.3, 0.4) is 0 Å². The van der Waals surface area contributed by atoms with E-state index in [0.29, 0.717) is 16.9 Å². The first kappa shape index (κ1) is 13.5. The number of hydrogen-bond donors (Lipinski definition) is 1. The molecular weight excluding hydrogens is 266 g/mol. The van der Waals surface area contributed by atoms with Crippen molar-refractivity contribution in [3.63, 3.8) is 0 Å². The fourth-order valence-electron chi connectivity index (χ4n) is 1.72. The summed E-state index contributed by atoms with van der Waals surface area (Å²) >= 11 is 3.21. The van der Waals surface area contributed by atoms with Crippen LogP contribution < -0.4 is 5.32 Å². The van der Waals surface area contributed by atoms with Gasteiger partial charge in [-0.2, -0.15) is 0 Å². The number of aromatic nitrogens is 1. The summed E-state index contributed by atoms with van der Waals surface area (Å²) in [5, 5.41) is 7.20. The van der Waals surface area contributed by atoms with Crippen LogP contribution in [-0.4, -0.2) is 27.7 Å². The molecule has 0 saturated heterocycles. The van der Waals surface area contributed by atoms with Gasteiger partial charge in [-0.1, -0.05) is 25.6 Å². The Labute approximate surface area is 115 Å². The van der Waals surface area contributed by atoms with Gasteiger partial charge in [-0.3, -0.25) is 9.79 Å². The average Bonchev–Trinajstić information content (AvgIpc) is 2.88. The number of amidine groups is 1. The average molecular weight is 283 g/mol. The first-order valence-electron chi connectivity index (χ1n) is 5.99. The van der Waals surface area contributed by atoms with Gasteiger partial charge >= 0.3 is 0 Å². The summed E-state index contributed by atoms with van der Waals surface area (Å²) in [6.45, 7) is 6.85. The highest BCUT2D eigenvalue weighted by Crippen LogP contribution is 2.28. The van der Waals surface area contributed by atoms with Crippen molar-refractivity contribution in [2.45, 2.75) is 32.4 Å². The Balaban J connectivity index is 1.89. The van der Waals surface area contributed by atoms with E-state index in [9.17, 15) is 4.79 Å². The van der Waals surface area contributed by atoms with E-state index >= 15 is 0 Å². The molecule has 1 aliphatic heterocycles. The highest BCUT2D eigenvalue weighted by atomic mass is 32.2. The Bertz CT molecular complexity index is 468. The standard InChI is InChI=1S/C12H17N3OS2/c1-7(2)4-9-5-13-11(18-9)15-12-14-10(6-17-12)8(3)16/h6-7,9H,4-5H2,1-3H3,(H,13,14,15). The number of thiazole rings is 1. The van der Waals surface area contributed by atoms with E-state index in [1.54, 1.807) is 17.1 Å². The summed E-state index contributed by atoms with van der Waals surface area (Å²) in [6, 6.07) is 0. The van der Waals surface area contributed by atoms with Crippen LogP contribution >= 0.6 is 23.1 Å². The smallest absolute Gasteiger partial charge is 0.189 e. The molecule has 0 saturated carbocycles. The van der Waals surface area contributed by atoms with Crippen molar-refractivity contribution in [1.29, 1.82) is 0 Å². The van der Waals surface area contributed by atoms with Gasteiger partial charge in [-0.15, -0.1) is 11.3 Å². The zero-order valence-electron chi connectivity index (χ0n) is 10.8. The minimum atomic E-state index is -0.00185. The third-order valence-corrected chi connectivity index (χ3v) is 4.42. The zero-order chi connectivity index (χ0) is 13.1. The monoisotopic (exact) mass is 283 g/mol. The summed E-state index contributed by atoms with van der Waals surface area (Å²) in [7, 11) is 0. The second kappa shape index (κ2) is 5.84. The maximum absolute atomic E-state index is 11.2. The van der Waals surface area contributed by atoms with Crippen molar-refractivity contribution in [2.24, 2.45) is 10.9 Å². The Morgan fingerprint density at radius 3 is 3.00 bits per heavy atom. The first-order valence-corrected chi connectivity index (χ1v) is 7.75. The number of aliphatic imine (C=N–C) groups is 1. The van der Waals surface area contributed by atoms with E-state index < -0.39 is 0 Å². The molecule has 1 aliphatic rings. The van der Waals surface area contributed by atoms with Crippen LogP contribution in [0.15, 0.2) is 10.4 Å².